The van der Waals surface area contributed by atoms with E-state index in [-0.39, 0.29) is 23.8 Å². The minimum absolute atomic E-state index is 0.0568. The van der Waals surface area contributed by atoms with Crippen LogP contribution in [0.2, 0.25) is 0 Å². The number of hydrogen-bond donors (Lipinski definition) is 2. The first kappa shape index (κ1) is 34.9. The lowest BCUT2D eigenvalue weighted by atomic mass is 9.73. The topological polar surface area (TPSA) is 94.2 Å². The lowest BCUT2D eigenvalue weighted by molar-refractivity contribution is -0.141. The van der Waals surface area contributed by atoms with Crippen LogP contribution < -0.4 is 10.6 Å². The Hall–Kier alpha value is -3.53. The number of amides is 3. The molecule has 7 rings (SSSR count). The molecule has 50 heavy (non-hydrogen) atoms. The number of carbonyl (C=O) groups is 3. The Morgan fingerprint density at radius 1 is 0.920 bits per heavy atom. The molecule has 6 unspecified atom stereocenters. The van der Waals surface area contributed by atoms with Crippen molar-refractivity contribution in [2.45, 2.75) is 89.6 Å². The second kappa shape index (κ2) is 14.6. The van der Waals surface area contributed by atoms with Crippen molar-refractivity contribution in [2.75, 3.05) is 44.6 Å². The monoisotopic (exact) mass is 681 g/mol. The van der Waals surface area contributed by atoms with Crippen molar-refractivity contribution in [1.82, 2.24) is 20.0 Å². The highest BCUT2D eigenvalue weighted by molar-refractivity contribution is 6.02. The fourth-order valence-electron chi connectivity index (χ4n) is 9.21. The van der Waals surface area contributed by atoms with E-state index in [4.69, 9.17) is 4.74 Å². The van der Waals surface area contributed by atoms with Gasteiger partial charge in [-0.05, 0) is 60.4 Å². The van der Waals surface area contributed by atoms with Gasteiger partial charge in [-0.1, -0.05) is 95.2 Å². The largest absolute Gasteiger partial charge is 0.359 e. The number of fused-ring (bicyclic) bond motifs is 1. The number of nitrogens with one attached hydrogen (secondary N) is 2. The fourth-order valence-corrected chi connectivity index (χ4v) is 9.21. The molecule has 1 spiro atoms. The average molecular weight is 682 g/mol. The molecule has 1 aliphatic carbocycles. The van der Waals surface area contributed by atoms with Crippen LogP contribution in [0.4, 0.5) is 5.69 Å². The zero-order valence-corrected chi connectivity index (χ0v) is 30.2. The van der Waals surface area contributed by atoms with E-state index in [1.54, 1.807) is 4.90 Å². The molecule has 2 aromatic carbocycles. The molecule has 2 N–H and O–H groups in total. The molecule has 3 saturated heterocycles. The van der Waals surface area contributed by atoms with E-state index >= 15 is 0 Å². The molecule has 4 aliphatic heterocycles. The number of benzene rings is 2. The number of rotatable bonds is 11. The van der Waals surface area contributed by atoms with Gasteiger partial charge in [0, 0.05) is 51.0 Å². The summed E-state index contributed by atoms with van der Waals surface area (Å²) in [6.45, 7) is 15.0. The highest BCUT2D eigenvalue weighted by Crippen LogP contribution is 2.55. The average Bonchev–Trinajstić information content (AvgIpc) is 3.75. The van der Waals surface area contributed by atoms with Gasteiger partial charge in [-0.2, -0.15) is 0 Å². The summed E-state index contributed by atoms with van der Waals surface area (Å²) in [5.74, 6) is -0.725. The van der Waals surface area contributed by atoms with Gasteiger partial charge in [-0.15, -0.1) is 0 Å². The van der Waals surface area contributed by atoms with Gasteiger partial charge >= 0.3 is 0 Å². The van der Waals surface area contributed by atoms with Crippen molar-refractivity contribution in [3.63, 3.8) is 0 Å². The van der Waals surface area contributed by atoms with Gasteiger partial charge in [0.25, 0.3) is 0 Å². The van der Waals surface area contributed by atoms with Crippen LogP contribution in [0.5, 0.6) is 0 Å². The first-order chi connectivity index (χ1) is 24.1. The standard InChI is InChI=1S/C41H55N5O4/c1-27(2)31-14-16-32(17-15-31)42-38(47)35-34-18-19-41(50-34)36(35)40(49)46(37(41)39(48)43-33-13-8-10-28(3)29(33)4)21-9-20-44-22-24-45(25-23-44)26-30-11-6-5-7-12-30/h5-7,11-12,14-19,27-29,33-37H,8-10,13,20-26H2,1-4H3,(H,42,47)(H,43,48)/t28?,29?,33?,34-,35?,36-,37?,41?/m1/s1. The van der Waals surface area contributed by atoms with Crippen LogP contribution in [0.1, 0.15) is 70.4 Å². The number of nitrogens with zero attached hydrogens (tertiary/aromatic N) is 3. The summed E-state index contributed by atoms with van der Waals surface area (Å²) < 4.78 is 6.62. The van der Waals surface area contributed by atoms with Gasteiger partial charge < -0.3 is 25.2 Å². The van der Waals surface area contributed by atoms with E-state index in [0.717, 1.165) is 58.5 Å². The summed E-state index contributed by atoms with van der Waals surface area (Å²) in [6.07, 6.45) is 7.21. The summed E-state index contributed by atoms with van der Waals surface area (Å²) in [7, 11) is 0. The molecule has 5 aliphatic rings. The number of ether oxygens (including phenoxy) is 1. The lowest BCUT2D eigenvalue weighted by Gasteiger charge is -2.38. The van der Waals surface area contributed by atoms with E-state index < -0.39 is 29.6 Å². The summed E-state index contributed by atoms with van der Waals surface area (Å²) in [4.78, 5) is 49.6. The maximum atomic E-state index is 14.5. The Morgan fingerprint density at radius 3 is 2.36 bits per heavy atom. The maximum Gasteiger partial charge on any atom is 0.246 e. The first-order valence-corrected chi connectivity index (χ1v) is 19.0. The number of anilines is 1. The first-order valence-electron chi connectivity index (χ1n) is 19.0. The zero-order valence-electron chi connectivity index (χ0n) is 30.2. The van der Waals surface area contributed by atoms with Crippen molar-refractivity contribution in [2.24, 2.45) is 23.7 Å². The summed E-state index contributed by atoms with van der Waals surface area (Å²) in [5, 5.41) is 6.45. The van der Waals surface area contributed by atoms with E-state index in [2.05, 4.69) is 78.5 Å². The van der Waals surface area contributed by atoms with Gasteiger partial charge in [0.2, 0.25) is 17.7 Å². The Bertz CT molecular complexity index is 1550. The lowest BCUT2D eigenvalue weighted by Crippen LogP contribution is -2.58. The third-order valence-electron chi connectivity index (χ3n) is 12.4. The van der Waals surface area contributed by atoms with Crippen LogP contribution in [0, 0.1) is 23.7 Å². The van der Waals surface area contributed by atoms with Crippen LogP contribution in [0.25, 0.3) is 0 Å². The second-order valence-electron chi connectivity index (χ2n) is 15.8. The minimum atomic E-state index is -1.15. The normalized spacial score (nSPS) is 32.5. The SMILES string of the molecule is CC(C)c1ccc(NC(=O)C2[C@H]3C=CC4(O3)C(C(=O)NC3CCCC(C)C3C)N(CCCN3CCN(Cc5ccccc5)CC3)C(=O)[C@@H]24)cc1. The van der Waals surface area contributed by atoms with Gasteiger partial charge in [-0.25, -0.2) is 0 Å². The maximum absolute atomic E-state index is 14.5. The molecule has 0 aromatic heterocycles. The molecule has 4 heterocycles. The van der Waals surface area contributed by atoms with Crippen LogP contribution in [-0.4, -0.2) is 95.5 Å². The Balaban J connectivity index is 1.05. The Morgan fingerprint density at radius 2 is 1.64 bits per heavy atom. The van der Waals surface area contributed by atoms with Gasteiger partial charge in [-0.3, -0.25) is 19.3 Å². The molecule has 9 heteroatoms. The predicted molar refractivity (Wildman–Crippen MR) is 195 cm³/mol. The van der Waals surface area contributed by atoms with Gasteiger partial charge in [0.1, 0.15) is 11.6 Å². The Labute approximate surface area is 297 Å². The third-order valence-corrected chi connectivity index (χ3v) is 12.4. The Kier molecular flexibility index (Phi) is 10.2. The van der Waals surface area contributed by atoms with Crippen LogP contribution in [0.15, 0.2) is 66.7 Å². The molecular weight excluding hydrogens is 626 g/mol. The summed E-state index contributed by atoms with van der Waals surface area (Å²) in [5.41, 5.74) is 2.07. The molecule has 0 radical (unpaired) electrons. The quantitative estimate of drug-likeness (QED) is 0.323. The molecule has 2 bridgehead atoms. The van der Waals surface area contributed by atoms with Crippen LogP contribution in [-0.2, 0) is 25.7 Å². The van der Waals surface area contributed by atoms with Crippen LogP contribution >= 0.6 is 0 Å². The summed E-state index contributed by atoms with van der Waals surface area (Å²) in [6, 6.07) is 17.7. The molecule has 4 fully saturated rings. The predicted octanol–water partition coefficient (Wildman–Crippen LogP) is 5.05. The molecule has 2 aromatic rings. The van der Waals surface area contributed by atoms with Crippen molar-refractivity contribution >= 4 is 23.4 Å². The molecule has 8 atom stereocenters. The molecule has 1 saturated carbocycles. The number of carbonyl (C=O) groups excluding carboxylic acids is 3. The number of piperazine rings is 1. The van der Waals surface area contributed by atoms with Crippen molar-refractivity contribution in [3.05, 3.63) is 77.9 Å². The zero-order chi connectivity index (χ0) is 35.0. The molecule has 268 valence electrons. The van der Waals surface area contributed by atoms with E-state index in [9.17, 15) is 14.4 Å². The van der Waals surface area contributed by atoms with Crippen molar-refractivity contribution in [3.8, 4) is 0 Å². The summed E-state index contributed by atoms with van der Waals surface area (Å²) >= 11 is 0. The smallest absolute Gasteiger partial charge is 0.246 e. The van der Waals surface area contributed by atoms with Gasteiger partial charge in [0.05, 0.1) is 17.9 Å². The fraction of sp³-hybridized carbons (Fsp3) is 0.585. The number of hydrogen-bond acceptors (Lipinski definition) is 6. The van der Waals surface area contributed by atoms with E-state index in [1.807, 2.05) is 36.4 Å². The van der Waals surface area contributed by atoms with Gasteiger partial charge in [0.15, 0.2) is 0 Å². The van der Waals surface area contributed by atoms with E-state index in [0.29, 0.717) is 30.0 Å². The highest BCUT2D eigenvalue weighted by atomic mass is 16.5. The van der Waals surface area contributed by atoms with E-state index in [1.165, 1.54) is 17.5 Å². The number of likely N-dealkylation sites (tertiary alicyclic amines) is 1. The third kappa shape index (κ3) is 6.76. The van der Waals surface area contributed by atoms with Crippen molar-refractivity contribution < 1.29 is 19.1 Å². The molecule has 3 amide bonds. The molecular formula is C41H55N5O4. The van der Waals surface area contributed by atoms with Crippen LogP contribution in [0.3, 0.4) is 0 Å². The molecule has 9 nitrogen and oxygen atoms in total. The second-order valence-corrected chi connectivity index (χ2v) is 15.8. The van der Waals surface area contributed by atoms with Crippen molar-refractivity contribution in [1.29, 1.82) is 0 Å². The highest BCUT2D eigenvalue weighted by Gasteiger charge is 2.72. The minimum Gasteiger partial charge on any atom is -0.359 e.